The molecule has 2 heterocycles. The van der Waals surface area contributed by atoms with Gasteiger partial charge in [0.2, 0.25) is 0 Å². The zero-order valence-corrected chi connectivity index (χ0v) is 12.6. The number of nitrogens with two attached hydrogens (primary N) is 1. The van der Waals surface area contributed by atoms with Crippen LogP contribution >= 0.6 is 0 Å². The molecule has 1 aliphatic heterocycles. The van der Waals surface area contributed by atoms with Gasteiger partial charge >= 0.3 is 0 Å². The molecule has 6 nitrogen and oxygen atoms in total. The molecule has 1 saturated heterocycles. The normalized spacial score (nSPS) is 22.0. The van der Waals surface area contributed by atoms with Gasteiger partial charge in [-0.05, 0) is 37.0 Å². The molecule has 1 fully saturated rings. The maximum Gasteiger partial charge on any atom is 0.270 e. The Morgan fingerprint density at radius 1 is 1.41 bits per heavy atom. The third-order valence-electron chi connectivity index (χ3n) is 4.41. The molecule has 1 aromatic carbocycles. The summed E-state index contributed by atoms with van der Waals surface area (Å²) in [6.45, 7) is 3.83. The number of hydrogen-bond acceptors (Lipinski definition) is 5. The Kier molecular flexibility index (Phi) is 3.94. The van der Waals surface area contributed by atoms with Crippen molar-refractivity contribution in [1.29, 1.82) is 0 Å². The first-order valence-corrected chi connectivity index (χ1v) is 7.60. The van der Waals surface area contributed by atoms with E-state index in [4.69, 9.17) is 5.73 Å². The Morgan fingerprint density at radius 2 is 2.23 bits per heavy atom. The van der Waals surface area contributed by atoms with Crippen molar-refractivity contribution in [3.8, 4) is 0 Å². The fourth-order valence-electron chi connectivity index (χ4n) is 3.15. The standard InChI is InChI=1S/C16H20N4O2/c1-11-6-7-19(14(8-11)10-17)16-5-2-12-9-13(20(21)22)3-4-15(12)18-16/h2-5,9,11,14H,6-8,10,17H2,1H3. The fourth-order valence-corrected chi connectivity index (χ4v) is 3.15. The van der Waals surface area contributed by atoms with Crippen LogP contribution in [0.5, 0.6) is 0 Å². The van der Waals surface area contributed by atoms with Crippen molar-refractivity contribution in [2.75, 3.05) is 18.0 Å². The first-order chi connectivity index (χ1) is 10.6. The van der Waals surface area contributed by atoms with Crippen molar-refractivity contribution in [2.45, 2.75) is 25.8 Å². The monoisotopic (exact) mass is 300 g/mol. The largest absolute Gasteiger partial charge is 0.352 e. The second-order valence-electron chi connectivity index (χ2n) is 6.02. The Morgan fingerprint density at radius 3 is 2.95 bits per heavy atom. The molecule has 2 N–H and O–H groups in total. The number of non-ortho nitro benzene ring substituents is 1. The molecule has 0 amide bonds. The molecule has 2 unspecified atom stereocenters. The van der Waals surface area contributed by atoms with Gasteiger partial charge in [-0.1, -0.05) is 6.92 Å². The van der Waals surface area contributed by atoms with Crippen LogP contribution in [0.4, 0.5) is 11.5 Å². The predicted molar refractivity (Wildman–Crippen MR) is 87.0 cm³/mol. The van der Waals surface area contributed by atoms with Crippen molar-refractivity contribution in [1.82, 2.24) is 4.98 Å². The van der Waals surface area contributed by atoms with Crippen LogP contribution in [-0.4, -0.2) is 29.0 Å². The number of rotatable bonds is 3. The Hall–Kier alpha value is -2.21. The Labute approximate surface area is 129 Å². The lowest BCUT2D eigenvalue weighted by Crippen LogP contribution is -2.46. The minimum absolute atomic E-state index is 0.0914. The Bertz CT molecular complexity index is 704. The van der Waals surface area contributed by atoms with Gasteiger partial charge in [0, 0.05) is 36.7 Å². The maximum atomic E-state index is 10.8. The summed E-state index contributed by atoms with van der Waals surface area (Å²) in [4.78, 5) is 17.4. The van der Waals surface area contributed by atoms with E-state index in [0.717, 1.165) is 36.1 Å². The van der Waals surface area contributed by atoms with Crippen LogP contribution in [0, 0.1) is 16.0 Å². The van der Waals surface area contributed by atoms with Crippen molar-refractivity contribution >= 4 is 22.4 Å². The molecule has 22 heavy (non-hydrogen) atoms. The number of nitro groups is 1. The van der Waals surface area contributed by atoms with Crippen molar-refractivity contribution in [3.63, 3.8) is 0 Å². The topological polar surface area (TPSA) is 85.3 Å². The molecule has 116 valence electrons. The van der Waals surface area contributed by atoms with E-state index in [0.29, 0.717) is 18.5 Å². The average Bonchev–Trinajstić information content (AvgIpc) is 2.53. The first kappa shape index (κ1) is 14.7. The minimum Gasteiger partial charge on any atom is -0.352 e. The number of benzene rings is 1. The minimum atomic E-state index is -0.385. The lowest BCUT2D eigenvalue weighted by Gasteiger charge is -2.38. The summed E-state index contributed by atoms with van der Waals surface area (Å²) < 4.78 is 0. The van der Waals surface area contributed by atoms with E-state index in [1.165, 1.54) is 6.07 Å². The van der Waals surface area contributed by atoms with Gasteiger partial charge < -0.3 is 10.6 Å². The van der Waals surface area contributed by atoms with E-state index < -0.39 is 0 Å². The van der Waals surface area contributed by atoms with Crippen LogP contribution in [-0.2, 0) is 0 Å². The van der Waals surface area contributed by atoms with Crippen molar-refractivity contribution in [3.05, 3.63) is 40.4 Å². The van der Waals surface area contributed by atoms with Crippen LogP contribution in [0.15, 0.2) is 30.3 Å². The number of nitrogens with zero attached hydrogens (tertiary/aromatic N) is 3. The molecule has 2 aromatic rings. The SMILES string of the molecule is CC1CCN(c2ccc3cc([N+](=O)[O-])ccc3n2)C(CN)C1. The number of nitro benzene ring substituents is 1. The van der Waals surface area contributed by atoms with Crippen molar-refractivity contribution < 1.29 is 4.92 Å². The number of hydrogen-bond donors (Lipinski definition) is 1. The number of anilines is 1. The second-order valence-corrected chi connectivity index (χ2v) is 6.02. The van der Waals surface area contributed by atoms with Gasteiger partial charge in [0.25, 0.3) is 5.69 Å². The predicted octanol–water partition coefficient (Wildman–Crippen LogP) is 2.71. The molecule has 0 aliphatic carbocycles. The van der Waals surface area contributed by atoms with Crippen molar-refractivity contribution in [2.24, 2.45) is 11.7 Å². The van der Waals surface area contributed by atoms with Gasteiger partial charge in [-0.15, -0.1) is 0 Å². The fraction of sp³-hybridized carbons (Fsp3) is 0.438. The van der Waals surface area contributed by atoms with Gasteiger partial charge in [0.1, 0.15) is 5.82 Å². The summed E-state index contributed by atoms with van der Waals surface area (Å²) >= 11 is 0. The summed E-state index contributed by atoms with van der Waals surface area (Å²) in [5.41, 5.74) is 6.78. The van der Waals surface area contributed by atoms with Crippen LogP contribution < -0.4 is 10.6 Å². The van der Waals surface area contributed by atoms with E-state index in [-0.39, 0.29) is 10.6 Å². The maximum absolute atomic E-state index is 10.8. The molecule has 6 heteroatoms. The third kappa shape index (κ3) is 2.74. The highest BCUT2D eigenvalue weighted by atomic mass is 16.6. The molecular weight excluding hydrogens is 280 g/mol. The molecule has 0 spiro atoms. The summed E-state index contributed by atoms with van der Waals surface area (Å²) in [6, 6.07) is 8.91. The van der Waals surface area contributed by atoms with Crippen LogP contribution in [0.1, 0.15) is 19.8 Å². The molecule has 0 radical (unpaired) electrons. The number of fused-ring (bicyclic) bond motifs is 1. The molecule has 1 aromatic heterocycles. The summed E-state index contributed by atoms with van der Waals surface area (Å²) in [6.07, 6.45) is 2.22. The molecular formula is C16H20N4O2. The highest BCUT2D eigenvalue weighted by Crippen LogP contribution is 2.28. The quantitative estimate of drug-likeness (QED) is 0.696. The van der Waals surface area contributed by atoms with E-state index in [2.05, 4.69) is 16.8 Å². The van der Waals surface area contributed by atoms with E-state index >= 15 is 0 Å². The highest BCUT2D eigenvalue weighted by Gasteiger charge is 2.26. The zero-order chi connectivity index (χ0) is 15.7. The number of pyridine rings is 1. The number of aromatic nitrogens is 1. The van der Waals surface area contributed by atoms with Crippen LogP contribution in [0.3, 0.4) is 0 Å². The average molecular weight is 300 g/mol. The molecule has 0 bridgehead atoms. The lowest BCUT2D eigenvalue weighted by atomic mass is 9.92. The van der Waals surface area contributed by atoms with Gasteiger partial charge in [-0.25, -0.2) is 4.98 Å². The first-order valence-electron chi connectivity index (χ1n) is 7.60. The third-order valence-corrected chi connectivity index (χ3v) is 4.41. The molecule has 1 aliphatic rings. The Balaban J connectivity index is 1.94. The molecule has 2 atom stereocenters. The number of piperidine rings is 1. The van der Waals surface area contributed by atoms with E-state index in [1.54, 1.807) is 12.1 Å². The zero-order valence-electron chi connectivity index (χ0n) is 12.6. The summed E-state index contributed by atoms with van der Waals surface area (Å²) in [5, 5.41) is 11.6. The summed E-state index contributed by atoms with van der Waals surface area (Å²) in [5.74, 6) is 1.59. The molecule has 0 saturated carbocycles. The van der Waals surface area contributed by atoms with Gasteiger partial charge in [-0.2, -0.15) is 0 Å². The lowest BCUT2D eigenvalue weighted by molar-refractivity contribution is -0.384. The van der Waals surface area contributed by atoms with Gasteiger partial charge in [0.05, 0.1) is 10.4 Å². The van der Waals surface area contributed by atoms with Gasteiger partial charge in [0.15, 0.2) is 0 Å². The molecule has 3 rings (SSSR count). The second kappa shape index (κ2) is 5.88. The van der Waals surface area contributed by atoms with Crippen LogP contribution in [0.25, 0.3) is 10.9 Å². The smallest absolute Gasteiger partial charge is 0.270 e. The highest BCUT2D eigenvalue weighted by molar-refractivity contribution is 5.82. The van der Waals surface area contributed by atoms with Gasteiger partial charge in [-0.3, -0.25) is 10.1 Å². The van der Waals surface area contributed by atoms with Crippen LogP contribution in [0.2, 0.25) is 0 Å². The summed E-state index contributed by atoms with van der Waals surface area (Å²) in [7, 11) is 0. The van der Waals surface area contributed by atoms with E-state index in [9.17, 15) is 10.1 Å². The van der Waals surface area contributed by atoms with E-state index in [1.807, 2.05) is 12.1 Å².